The quantitative estimate of drug-likeness (QED) is 0.617. The van der Waals surface area contributed by atoms with Crippen LogP contribution in [0.15, 0.2) is 59.6 Å². The topological polar surface area (TPSA) is 66.0 Å². The van der Waals surface area contributed by atoms with Crippen LogP contribution in [0.1, 0.15) is 25.3 Å². The number of ether oxygens (including phenoxy) is 1. The SMILES string of the molecule is CN=C(NCc1cccc(NC(C)=O)c1)N1CCC(Oc2ccccc2)CC1. The average molecular weight is 380 g/mol. The number of anilines is 1. The summed E-state index contributed by atoms with van der Waals surface area (Å²) in [5.74, 6) is 1.76. The molecule has 6 nitrogen and oxygen atoms in total. The maximum absolute atomic E-state index is 11.2. The molecule has 0 aliphatic carbocycles. The molecule has 1 amide bonds. The second-order valence-corrected chi connectivity index (χ2v) is 6.90. The Labute approximate surface area is 166 Å². The fraction of sp³-hybridized carbons (Fsp3) is 0.364. The number of para-hydroxylation sites is 1. The predicted octanol–water partition coefficient (Wildman–Crippen LogP) is 3.26. The van der Waals surface area contributed by atoms with Crippen LogP contribution in [0.5, 0.6) is 5.75 Å². The largest absolute Gasteiger partial charge is 0.490 e. The molecule has 1 heterocycles. The summed E-state index contributed by atoms with van der Waals surface area (Å²) in [6.07, 6.45) is 2.17. The molecule has 148 valence electrons. The molecule has 0 radical (unpaired) electrons. The number of piperidine rings is 1. The Bertz CT molecular complexity index is 799. The van der Waals surface area contributed by atoms with E-state index in [2.05, 4.69) is 20.5 Å². The molecule has 0 spiro atoms. The fourth-order valence-electron chi connectivity index (χ4n) is 3.35. The maximum atomic E-state index is 11.2. The molecule has 6 heteroatoms. The van der Waals surface area contributed by atoms with E-state index in [9.17, 15) is 4.79 Å². The summed E-state index contributed by atoms with van der Waals surface area (Å²) >= 11 is 0. The lowest BCUT2D eigenvalue weighted by atomic mass is 10.1. The van der Waals surface area contributed by atoms with Gasteiger partial charge < -0.3 is 20.3 Å². The summed E-state index contributed by atoms with van der Waals surface area (Å²) in [6, 6.07) is 17.8. The number of nitrogens with one attached hydrogen (secondary N) is 2. The molecule has 28 heavy (non-hydrogen) atoms. The summed E-state index contributed by atoms with van der Waals surface area (Å²) in [4.78, 5) is 17.9. The lowest BCUT2D eigenvalue weighted by Gasteiger charge is -2.34. The molecule has 1 aliphatic rings. The summed E-state index contributed by atoms with van der Waals surface area (Å²) in [7, 11) is 1.81. The van der Waals surface area contributed by atoms with Crippen LogP contribution in [0.25, 0.3) is 0 Å². The highest BCUT2D eigenvalue weighted by atomic mass is 16.5. The van der Waals surface area contributed by atoms with Gasteiger partial charge in [0.15, 0.2) is 5.96 Å². The third-order valence-electron chi connectivity index (χ3n) is 4.70. The van der Waals surface area contributed by atoms with Crippen molar-refractivity contribution in [2.45, 2.75) is 32.4 Å². The fourth-order valence-corrected chi connectivity index (χ4v) is 3.35. The molecule has 2 aromatic rings. The molecular weight excluding hydrogens is 352 g/mol. The number of hydrogen-bond acceptors (Lipinski definition) is 3. The predicted molar refractivity (Wildman–Crippen MR) is 113 cm³/mol. The second-order valence-electron chi connectivity index (χ2n) is 6.90. The van der Waals surface area contributed by atoms with Gasteiger partial charge in [-0.2, -0.15) is 0 Å². The number of guanidine groups is 1. The van der Waals surface area contributed by atoms with Crippen LogP contribution in [-0.2, 0) is 11.3 Å². The van der Waals surface area contributed by atoms with Crippen LogP contribution in [0.3, 0.4) is 0 Å². The number of nitrogens with zero attached hydrogens (tertiary/aromatic N) is 2. The van der Waals surface area contributed by atoms with Gasteiger partial charge in [0.1, 0.15) is 11.9 Å². The van der Waals surface area contributed by atoms with E-state index < -0.39 is 0 Å². The van der Waals surface area contributed by atoms with Gasteiger partial charge in [-0.15, -0.1) is 0 Å². The smallest absolute Gasteiger partial charge is 0.221 e. The highest BCUT2D eigenvalue weighted by Gasteiger charge is 2.22. The van der Waals surface area contributed by atoms with Gasteiger partial charge in [0.25, 0.3) is 0 Å². The van der Waals surface area contributed by atoms with Gasteiger partial charge in [-0.3, -0.25) is 9.79 Å². The standard InChI is InChI=1S/C22H28N4O2/c1-17(27)25-19-8-6-7-18(15-19)16-24-22(23-2)26-13-11-21(12-14-26)28-20-9-4-3-5-10-20/h3-10,15,21H,11-14,16H2,1-2H3,(H,23,24)(H,25,27). The highest BCUT2D eigenvalue weighted by Crippen LogP contribution is 2.19. The van der Waals surface area contributed by atoms with E-state index in [-0.39, 0.29) is 12.0 Å². The first kappa shape index (κ1) is 19.7. The zero-order valence-corrected chi connectivity index (χ0v) is 16.5. The molecule has 3 rings (SSSR count). The minimum atomic E-state index is -0.0680. The molecule has 0 aromatic heterocycles. The third kappa shape index (κ3) is 5.74. The number of benzene rings is 2. The Kier molecular flexibility index (Phi) is 6.89. The van der Waals surface area contributed by atoms with Crippen molar-refractivity contribution in [3.8, 4) is 5.75 Å². The zero-order valence-electron chi connectivity index (χ0n) is 16.5. The number of carbonyl (C=O) groups excluding carboxylic acids is 1. The molecule has 1 saturated heterocycles. The number of carbonyl (C=O) groups is 1. The van der Waals surface area contributed by atoms with Gasteiger partial charge in [0.05, 0.1) is 0 Å². The number of amides is 1. The highest BCUT2D eigenvalue weighted by molar-refractivity contribution is 5.88. The number of hydrogen-bond donors (Lipinski definition) is 2. The van der Waals surface area contributed by atoms with E-state index in [4.69, 9.17) is 4.74 Å². The molecule has 2 aromatic carbocycles. The molecular formula is C22H28N4O2. The Morgan fingerprint density at radius 3 is 2.57 bits per heavy atom. The second kappa shape index (κ2) is 9.78. The lowest BCUT2D eigenvalue weighted by molar-refractivity contribution is -0.114. The van der Waals surface area contributed by atoms with Crippen LogP contribution >= 0.6 is 0 Å². The molecule has 1 aliphatic heterocycles. The first-order chi connectivity index (χ1) is 13.6. The van der Waals surface area contributed by atoms with Crippen LogP contribution in [-0.4, -0.2) is 43.0 Å². The Hall–Kier alpha value is -3.02. The normalized spacial score (nSPS) is 15.2. The number of likely N-dealkylation sites (tertiary alicyclic amines) is 1. The third-order valence-corrected chi connectivity index (χ3v) is 4.70. The van der Waals surface area contributed by atoms with Crippen molar-refractivity contribution in [3.63, 3.8) is 0 Å². The van der Waals surface area contributed by atoms with Crippen LogP contribution in [0, 0.1) is 0 Å². The van der Waals surface area contributed by atoms with E-state index in [0.29, 0.717) is 6.54 Å². The molecule has 0 bridgehead atoms. The average Bonchev–Trinajstić information content (AvgIpc) is 2.70. The van der Waals surface area contributed by atoms with Crippen LogP contribution in [0.2, 0.25) is 0 Å². The lowest BCUT2D eigenvalue weighted by Crippen LogP contribution is -2.47. The summed E-state index contributed by atoms with van der Waals surface area (Å²) in [6.45, 7) is 3.98. The van der Waals surface area contributed by atoms with Crippen molar-refractivity contribution in [2.75, 3.05) is 25.5 Å². The molecule has 0 unspecified atom stereocenters. The number of aliphatic imine (C=N–C) groups is 1. The van der Waals surface area contributed by atoms with Crippen molar-refractivity contribution < 1.29 is 9.53 Å². The van der Waals surface area contributed by atoms with Crippen molar-refractivity contribution >= 4 is 17.6 Å². The molecule has 0 atom stereocenters. The summed E-state index contributed by atoms with van der Waals surface area (Å²) < 4.78 is 6.07. The minimum Gasteiger partial charge on any atom is -0.490 e. The van der Waals surface area contributed by atoms with Crippen molar-refractivity contribution in [1.29, 1.82) is 0 Å². The number of rotatable bonds is 5. The first-order valence-electron chi connectivity index (χ1n) is 9.68. The van der Waals surface area contributed by atoms with Crippen molar-refractivity contribution in [3.05, 3.63) is 60.2 Å². The first-order valence-corrected chi connectivity index (χ1v) is 9.68. The van der Waals surface area contributed by atoms with Gasteiger partial charge in [0.2, 0.25) is 5.91 Å². The van der Waals surface area contributed by atoms with Gasteiger partial charge >= 0.3 is 0 Å². The van der Waals surface area contributed by atoms with Crippen LogP contribution in [0.4, 0.5) is 5.69 Å². The monoisotopic (exact) mass is 380 g/mol. The van der Waals surface area contributed by atoms with Gasteiger partial charge in [-0.05, 0) is 29.8 Å². The maximum Gasteiger partial charge on any atom is 0.221 e. The molecule has 2 N–H and O–H groups in total. The van der Waals surface area contributed by atoms with E-state index in [1.807, 2.05) is 61.6 Å². The molecule has 1 fully saturated rings. The van der Waals surface area contributed by atoms with Crippen molar-refractivity contribution in [2.24, 2.45) is 4.99 Å². The van der Waals surface area contributed by atoms with Crippen LogP contribution < -0.4 is 15.4 Å². The zero-order chi connectivity index (χ0) is 19.8. The Morgan fingerprint density at radius 1 is 1.14 bits per heavy atom. The summed E-state index contributed by atoms with van der Waals surface area (Å²) in [5, 5.41) is 6.24. The Morgan fingerprint density at radius 2 is 1.89 bits per heavy atom. The van der Waals surface area contributed by atoms with Gasteiger partial charge in [0, 0.05) is 52.1 Å². The summed E-state index contributed by atoms with van der Waals surface area (Å²) in [5.41, 5.74) is 1.90. The van der Waals surface area contributed by atoms with Gasteiger partial charge in [-0.25, -0.2) is 0 Å². The van der Waals surface area contributed by atoms with E-state index in [1.54, 1.807) is 0 Å². The minimum absolute atomic E-state index is 0.0680. The Balaban J connectivity index is 1.49. The molecule has 0 saturated carbocycles. The van der Waals surface area contributed by atoms with Crippen molar-refractivity contribution in [1.82, 2.24) is 10.2 Å². The van der Waals surface area contributed by atoms with E-state index >= 15 is 0 Å². The van der Waals surface area contributed by atoms with E-state index in [1.165, 1.54) is 6.92 Å². The van der Waals surface area contributed by atoms with Gasteiger partial charge in [-0.1, -0.05) is 30.3 Å². The van der Waals surface area contributed by atoms with E-state index in [0.717, 1.165) is 48.9 Å².